The minimum Gasteiger partial charge on any atom is -0.356 e. The van der Waals surface area contributed by atoms with E-state index in [-0.39, 0.29) is 5.41 Å². The number of thiophene rings is 1. The van der Waals surface area contributed by atoms with Gasteiger partial charge in [0.05, 0.1) is 0 Å². The molecule has 0 saturated carbocycles. The average molecular weight is 408 g/mol. The maximum absolute atomic E-state index is 3.54. The van der Waals surface area contributed by atoms with Crippen LogP contribution in [0.15, 0.2) is 91.0 Å². The minimum atomic E-state index is 0.0962. The van der Waals surface area contributed by atoms with Crippen molar-refractivity contribution in [2.75, 3.05) is 5.32 Å². The lowest BCUT2D eigenvalue weighted by molar-refractivity contribution is 0.591. The van der Waals surface area contributed by atoms with Crippen LogP contribution in [0.4, 0.5) is 11.4 Å². The van der Waals surface area contributed by atoms with Crippen LogP contribution >= 0.6 is 11.3 Å². The maximum Gasteiger partial charge on any atom is 0.0390 e. The number of benzene rings is 4. The molecule has 0 saturated heterocycles. The zero-order valence-corrected chi connectivity index (χ0v) is 18.4. The molecule has 30 heavy (non-hydrogen) atoms. The van der Waals surface area contributed by atoms with Crippen molar-refractivity contribution in [1.82, 2.24) is 0 Å². The van der Waals surface area contributed by atoms with E-state index < -0.39 is 0 Å². The molecule has 0 fully saturated rings. The summed E-state index contributed by atoms with van der Waals surface area (Å²) in [5.74, 6) is 0. The summed E-state index contributed by atoms with van der Waals surface area (Å²) in [4.78, 5) is 0. The molecule has 0 aliphatic carbocycles. The predicted molar refractivity (Wildman–Crippen MR) is 133 cm³/mol. The Morgan fingerprint density at radius 3 is 2.20 bits per heavy atom. The fraction of sp³-hybridized carbons (Fsp3) is 0.143. The molecular weight excluding hydrogens is 382 g/mol. The molecule has 4 aromatic carbocycles. The third-order valence-electron chi connectivity index (χ3n) is 5.58. The second kappa shape index (κ2) is 7.30. The first-order valence-corrected chi connectivity index (χ1v) is 11.2. The number of nitrogens with one attached hydrogen (secondary N) is 1. The summed E-state index contributed by atoms with van der Waals surface area (Å²) >= 11 is 1.89. The number of hydrogen-bond donors (Lipinski definition) is 1. The van der Waals surface area contributed by atoms with Crippen LogP contribution in [0, 0.1) is 0 Å². The summed E-state index contributed by atoms with van der Waals surface area (Å²) in [5, 5.41) is 6.24. The first kappa shape index (κ1) is 18.9. The quantitative estimate of drug-likeness (QED) is 0.315. The molecule has 0 atom stereocenters. The van der Waals surface area contributed by atoms with Gasteiger partial charge in [0.2, 0.25) is 0 Å². The van der Waals surface area contributed by atoms with Crippen molar-refractivity contribution < 1.29 is 0 Å². The molecule has 0 aliphatic rings. The van der Waals surface area contributed by atoms with Gasteiger partial charge >= 0.3 is 0 Å². The van der Waals surface area contributed by atoms with E-state index in [9.17, 15) is 0 Å². The highest BCUT2D eigenvalue weighted by Crippen LogP contribution is 2.43. The van der Waals surface area contributed by atoms with Crippen molar-refractivity contribution in [1.29, 1.82) is 0 Å². The molecule has 0 spiro atoms. The fourth-order valence-electron chi connectivity index (χ4n) is 3.97. The summed E-state index contributed by atoms with van der Waals surface area (Å²) in [5.41, 5.74) is 6.23. The lowest BCUT2D eigenvalue weighted by atomic mass is 9.84. The Kier molecular flexibility index (Phi) is 4.60. The zero-order chi connectivity index (χ0) is 20.7. The van der Waals surface area contributed by atoms with E-state index in [0.29, 0.717) is 0 Å². The number of anilines is 2. The van der Waals surface area contributed by atoms with E-state index in [4.69, 9.17) is 0 Å². The SMILES string of the molecule is CC(C)(C)c1cc(-c2cccc(Nc3ccccc3)c2)c2c(c1)sc1ccccc12. The van der Waals surface area contributed by atoms with Crippen LogP contribution in [0.25, 0.3) is 31.3 Å². The van der Waals surface area contributed by atoms with E-state index in [1.54, 1.807) is 0 Å². The standard InChI is InChI=1S/C28H25NS/c1-28(2,3)20-17-24(27-23-14-7-8-15-25(23)30-26(27)18-20)19-10-9-13-22(16-19)29-21-11-5-4-6-12-21/h4-18,29H,1-3H3. The molecule has 148 valence electrons. The number of hydrogen-bond acceptors (Lipinski definition) is 2. The molecule has 2 heteroatoms. The van der Waals surface area contributed by atoms with E-state index >= 15 is 0 Å². The van der Waals surface area contributed by atoms with Gasteiger partial charge in [0.15, 0.2) is 0 Å². The fourth-order valence-corrected chi connectivity index (χ4v) is 5.14. The minimum absolute atomic E-state index is 0.0962. The van der Waals surface area contributed by atoms with Gasteiger partial charge in [0, 0.05) is 31.5 Å². The molecule has 5 rings (SSSR count). The van der Waals surface area contributed by atoms with Crippen LogP contribution in [0.1, 0.15) is 26.3 Å². The molecule has 0 aliphatic heterocycles. The molecule has 0 amide bonds. The average Bonchev–Trinajstić information content (AvgIpc) is 3.12. The second-order valence-electron chi connectivity index (χ2n) is 8.82. The van der Waals surface area contributed by atoms with Gasteiger partial charge < -0.3 is 5.32 Å². The van der Waals surface area contributed by atoms with Gasteiger partial charge in [-0.2, -0.15) is 0 Å². The maximum atomic E-state index is 3.54. The van der Waals surface area contributed by atoms with Crippen LogP contribution < -0.4 is 5.32 Å². The van der Waals surface area contributed by atoms with E-state index in [2.05, 4.69) is 111 Å². The summed E-state index contributed by atoms with van der Waals surface area (Å²) in [6, 6.07) is 32.6. The Morgan fingerprint density at radius 2 is 1.40 bits per heavy atom. The monoisotopic (exact) mass is 407 g/mol. The smallest absolute Gasteiger partial charge is 0.0390 e. The summed E-state index contributed by atoms with van der Waals surface area (Å²) in [7, 11) is 0. The molecule has 1 nitrogen and oxygen atoms in total. The number of para-hydroxylation sites is 1. The van der Waals surface area contributed by atoms with Crippen molar-refractivity contribution in [2.45, 2.75) is 26.2 Å². The van der Waals surface area contributed by atoms with Gasteiger partial charge in [-0.1, -0.05) is 69.3 Å². The van der Waals surface area contributed by atoms with Crippen LogP contribution in [0.5, 0.6) is 0 Å². The van der Waals surface area contributed by atoms with E-state index in [0.717, 1.165) is 11.4 Å². The van der Waals surface area contributed by atoms with Gasteiger partial charge in [0.25, 0.3) is 0 Å². The van der Waals surface area contributed by atoms with E-state index in [1.807, 2.05) is 17.4 Å². The van der Waals surface area contributed by atoms with Crippen molar-refractivity contribution in [2.24, 2.45) is 0 Å². The highest BCUT2D eigenvalue weighted by atomic mass is 32.1. The summed E-state index contributed by atoms with van der Waals surface area (Å²) < 4.78 is 2.71. The zero-order valence-electron chi connectivity index (χ0n) is 17.6. The summed E-state index contributed by atoms with van der Waals surface area (Å²) in [6.07, 6.45) is 0. The molecule has 1 aromatic heterocycles. The van der Waals surface area contributed by atoms with Crippen molar-refractivity contribution in [3.8, 4) is 11.1 Å². The molecule has 0 radical (unpaired) electrons. The molecule has 1 heterocycles. The van der Waals surface area contributed by atoms with Gasteiger partial charge in [-0.3, -0.25) is 0 Å². The predicted octanol–water partition coefficient (Wildman–Crippen LogP) is 8.76. The molecule has 1 N–H and O–H groups in total. The van der Waals surface area contributed by atoms with Gasteiger partial charge in [-0.05, 0) is 64.6 Å². The van der Waals surface area contributed by atoms with Crippen LogP contribution in [-0.4, -0.2) is 0 Å². The normalized spacial score (nSPS) is 11.8. The van der Waals surface area contributed by atoms with Crippen molar-refractivity contribution in [3.63, 3.8) is 0 Å². The Hall–Kier alpha value is -3.10. The van der Waals surface area contributed by atoms with Gasteiger partial charge in [-0.25, -0.2) is 0 Å². The molecule has 0 bridgehead atoms. The lowest BCUT2D eigenvalue weighted by Gasteiger charge is -2.21. The molecular formula is C28H25NS. The number of fused-ring (bicyclic) bond motifs is 3. The Labute approximate surface area is 182 Å². The highest BCUT2D eigenvalue weighted by molar-refractivity contribution is 7.26. The topological polar surface area (TPSA) is 12.0 Å². The molecule has 5 aromatic rings. The first-order chi connectivity index (χ1) is 14.5. The van der Waals surface area contributed by atoms with Crippen molar-refractivity contribution in [3.05, 3.63) is 96.6 Å². The lowest BCUT2D eigenvalue weighted by Crippen LogP contribution is -2.10. The van der Waals surface area contributed by atoms with Crippen LogP contribution in [-0.2, 0) is 5.41 Å². The number of rotatable bonds is 3. The largest absolute Gasteiger partial charge is 0.356 e. The Morgan fingerprint density at radius 1 is 0.667 bits per heavy atom. The second-order valence-corrected chi connectivity index (χ2v) is 9.90. The Balaban J connectivity index is 1.72. The van der Waals surface area contributed by atoms with Crippen LogP contribution in [0.3, 0.4) is 0 Å². The van der Waals surface area contributed by atoms with E-state index in [1.165, 1.54) is 36.9 Å². The highest BCUT2D eigenvalue weighted by Gasteiger charge is 2.19. The first-order valence-electron chi connectivity index (χ1n) is 10.4. The van der Waals surface area contributed by atoms with Gasteiger partial charge in [0.1, 0.15) is 0 Å². The Bertz CT molecular complexity index is 1340. The van der Waals surface area contributed by atoms with Crippen LogP contribution in [0.2, 0.25) is 0 Å². The summed E-state index contributed by atoms with van der Waals surface area (Å²) in [6.45, 7) is 6.87. The third kappa shape index (κ3) is 3.48. The van der Waals surface area contributed by atoms with Crippen molar-refractivity contribution >= 4 is 42.9 Å². The van der Waals surface area contributed by atoms with Gasteiger partial charge in [-0.15, -0.1) is 11.3 Å². The third-order valence-corrected chi connectivity index (χ3v) is 6.70. The molecule has 0 unspecified atom stereocenters.